The van der Waals surface area contributed by atoms with Gasteiger partial charge in [-0.05, 0) is 42.8 Å². The van der Waals surface area contributed by atoms with Crippen molar-refractivity contribution >= 4 is 34.4 Å². The van der Waals surface area contributed by atoms with Crippen molar-refractivity contribution in [2.75, 3.05) is 0 Å². The summed E-state index contributed by atoms with van der Waals surface area (Å²) in [6.07, 6.45) is 2.87. The van der Waals surface area contributed by atoms with Crippen molar-refractivity contribution in [2.45, 2.75) is 13.5 Å². The van der Waals surface area contributed by atoms with Crippen LogP contribution in [0.4, 0.5) is 0 Å². The van der Waals surface area contributed by atoms with Crippen molar-refractivity contribution < 1.29 is 9.90 Å². The molecule has 0 amide bonds. The maximum absolute atomic E-state index is 12.7. The number of pyridine rings is 1. The molecule has 0 saturated carbocycles. The Kier molecular flexibility index (Phi) is 4.72. The van der Waals surface area contributed by atoms with Crippen LogP contribution in [0.2, 0.25) is 5.02 Å². The number of fused-ring (bicyclic) bond motifs is 1. The largest absolute Gasteiger partial charge is 0.506 e. The third-order valence-electron chi connectivity index (χ3n) is 4.01. The van der Waals surface area contributed by atoms with Crippen LogP contribution in [-0.2, 0) is 6.54 Å². The quantitative estimate of drug-likeness (QED) is 0.562. The lowest BCUT2D eigenvalue weighted by Gasteiger charge is -2.12. The maximum atomic E-state index is 12.7. The number of carbonyl (C=O) groups excluding carboxylic acids is 1. The summed E-state index contributed by atoms with van der Waals surface area (Å²) < 4.78 is 1.48. The molecule has 1 heterocycles. The first-order valence-electron chi connectivity index (χ1n) is 7.85. The number of benzene rings is 2. The number of aromatic hydroxyl groups is 1. The Morgan fingerprint density at radius 2 is 1.84 bits per heavy atom. The van der Waals surface area contributed by atoms with Gasteiger partial charge in [0.2, 0.25) is 0 Å². The number of allylic oxidation sites excluding steroid dienone is 1. The molecule has 126 valence electrons. The van der Waals surface area contributed by atoms with Gasteiger partial charge in [0, 0.05) is 17.0 Å². The van der Waals surface area contributed by atoms with E-state index < -0.39 is 11.3 Å². The highest BCUT2D eigenvalue weighted by atomic mass is 35.5. The number of aromatic nitrogens is 1. The van der Waals surface area contributed by atoms with E-state index in [1.54, 1.807) is 54.6 Å². The minimum Gasteiger partial charge on any atom is -0.506 e. The molecule has 0 saturated heterocycles. The minimum absolute atomic E-state index is 0.217. The number of nitrogens with zero attached hydrogens (tertiary/aromatic N) is 1. The Bertz CT molecular complexity index is 1030. The lowest BCUT2D eigenvalue weighted by Crippen LogP contribution is -2.26. The molecule has 5 heteroatoms. The molecule has 2 aromatic carbocycles. The fourth-order valence-corrected chi connectivity index (χ4v) is 2.88. The smallest absolute Gasteiger partial charge is 0.266 e. The van der Waals surface area contributed by atoms with Gasteiger partial charge in [0.05, 0.1) is 5.52 Å². The molecule has 3 aromatic rings. The molecule has 0 aliphatic carbocycles. The molecular formula is C20H16ClNO3. The van der Waals surface area contributed by atoms with Crippen LogP contribution in [0.15, 0.2) is 59.4 Å². The highest BCUT2D eigenvalue weighted by molar-refractivity contribution is 6.30. The van der Waals surface area contributed by atoms with Gasteiger partial charge in [-0.25, -0.2) is 0 Å². The number of para-hydroxylation sites is 1. The summed E-state index contributed by atoms with van der Waals surface area (Å²) in [4.78, 5) is 25.2. The average molecular weight is 354 g/mol. The molecule has 1 N–H and O–H groups in total. The van der Waals surface area contributed by atoms with Gasteiger partial charge in [-0.3, -0.25) is 9.59 Å². The number of carbonyl (C=O) groups is 1. The van der Waals surface area contributed by atoms with Crippen molar-refractivity contribution in [1.82, 2.24) is 4.57 Å². The Morgan fingerprint density at radius 3 is 2.52 bits per heavy atom. The monoisotopic (exact) mass is 353 g/mol. The molecule has 25 heavy (non-hydrogen) atoms. The molecule has 1 aromatic heterocycles. The van der Waals surface area contributed by atoms with E-state index in [0.29, 0.717) is 22.5 Å². The van der Waals surface area contributed by atoms with Gasteiger partial charge >= 0.3 is 0 Å². The number of ketones is 1. The zero-order chi connectivity index (χ0) is 18.0. The zero-order valence-electron chi connectivity index (χ0n) is 13.6. The summed E-state index contributed by atoms with van der Waals surface area (Å²) in [6.45, 7) is 2.23. The molecule has 0 atom stereocenters. The summed E-state index contributed by atoms with van der Waals surface area (Å²) >= 11 is 5.83. The normalized spacial score (nSPS) is 11.3. The number of hydrogen-bond acceptors (Lipinski definition) is 3. The molecule has 0 spiro atoms. The van der Waals surface area contributed by atoms with Crippen molar-refractivity contribution in [1.29, 1.82) is 0 Å². The fourth-order valence-electron chi connectivity index (χ4n) is 2.75. The molecule has 0 bridgehead atoms. The Hall–Kier alpha value is -2.85. The van der Waals surface area contributed by atoms with E-state index in [1.807, 2.05) is 6.92 Å². The van der Waals surface area contributed by atoms with Crippen molar-refractivity contribution in [3.63, 3.8) is 0 Å². The summed E-state index contributed by atoms with van der Waals surface area (Å²) in [5.41, 5.74) is 0.662. The van der Waals surface area contributed by atoms with E-state index in [4.69, 9.17) is 11.6 Å². The fraction of sp³-hybridized carbons (Fsp3) is 0.100. The van der Waals surface area contributed by atoms with E-state index in [0.717, 1.165) is 5.56 Å². The molecule has 0 fully saturated rings. The predicted octanol–water partition coefficient (Wildman–Crippen LogP) is 4.28. The van der Waals surface area contributed by atoms with Gasteiger partial charge in [0.25, 0.3) is 5.56 Å². The Labute approximate surface area is 149 Å². The molecular weight excluding hydrogens is 338 g/mol. The lowest BCUT2D eigenvalue weighted by molar-refractivity contribution is 0.104. The highest BCUT2D eigenvalue weighted by Crippen LogP contribution is 2.26. The van der Waals surface area contributed by atoms with Gasteiger partial charge in [-0.1, -0.05) is 41.9 Å². The second kappa shape index (κ2) is 6.95. The topological polar surface area (TPSA) is 59.3 Å². The van der Waals surface area contributed by atoms with Crippen molar-refractivity contribution in [2.24, 2.45) is 0 Å². The Balaban J connectivity index is 2.10. The van der Waals surface area contributed by atoms with Crippen LogP contribution in [0.5, 0.6) is 5.75 Å². The van der Waals surface area contributed by atoms with Crippen LogP contribution in [0.25, 0.3) is 17.0 Å². The first-order chi connectivity index (χ1) is 12.0. The number of halogens is 1. The third-order valence-corrected chi connectivity index (χ3v) is 4.26. The molecule has 0 aliphatic rings. The second-order valence-corrected chi connectivity index (χ2v) is 5.98. The van der Waals surface area contributed by atoms with E-state index in [2.05, 4.69) is 0 Å². The lowest BCUT2D eigenvalue weighted by atomic mass is 10.1. The van der Waals surface area contributed by atoms with Gasteiger partial charge in [-0.2, -0.15) is 0 Å². The minimum atomic E-state index is -0.537. The average Bonchev–Trinajstić information content (AvgIpc) is 2.62. The summed E-state index contributed by atoms with van der Waals surface area (Å²) in [5.74, 6) is -0.818. The maximum Gasteiger partial charge on any atom is 0.266 e. The van der Waals surface area contributed by atoms with Gasteiger partial charge in [-0.15, -0.1) is 0 Å². The number of rotatable bonds is 4. The van der Waals surface area contributed by atoms with E-state index in [-0.39, 0.29) is 11.3 Å². The molecule has 0 unspecified atom stereocenters. The van der Waals surface area contributed by atoms with Crippen LogP contribution >= 0.6 is 11.6 Å². The molecule has 4 nitrogen and oxygen atoms in total. The SMILES string of the molecule is CCn1c(=O)c(C(=O)/C=C/c2ccc(Cl)cc2)c(O)c2ccccc21. The van der Waals surface area contributed by atoms with E-state index >= 15 is 0 Å². The summed E-state index contributed by atoms with van der Waals surface area (Å²) in [6, 6.07) is 13.9. The summed E-state index contributed by atoms with van der Waals surface area (Å²) in [5, 5.41) is 11.5. The summed E-state index contributed by atoms with van der Waals surface area (Å²) in [7, 11) is 0. The van der Waals surface area contributed by atoms with Crippen LogP contribution in [-0.4, -0.2) is 15.5 Å². The molecule has 0 aliphatic heterocycles. The second-order valence-electron chi connectivity index (χ2n) is 5.54. The van der Waals surface area contributed by atoms with E-state index in [9.17, 15) is 14.7 Å². The van der Waals surface area contributed by atoms with E-state index in [1.165, 1.54) is 10.6 Å². The number of aryl methyl sites for hydroxylation is 1. The standard InChI is InChI=1S/C20H16ClNO3/c1-2-22-16-6-4-3-5-15(16)19(24)18(20(22)25)17(23)12-9-13-7-10-14(21)11-8-13/h3-12,24H,2H2,1H3/b12-9+. The van der Waals surface area contributed by atoms with Crippen LogP contribution in [0.3, 0.4) is 0 Å². The zero-order valence-corrected chi connectivity index (χ0v) is 14.3. The van der Waals surface area contributed by atoms with Crippen molar-refractivity contribution in [3.05, 3.63) is 81.1 Å². The molecule has 0 radical (unpaired) electrons. The van der Waals surface area contributed by atoms with Gasteiger partial charge in [0.15, 0.2) is 5.78 Å². The van der Waals surface area contributed by atoms with Crippen LogP contribution < -0.4 is 5.56 Å². The highest BCUT2D eigenvalue weighted by Gasteiger charge is 2.19. The van der Waals surface area contributed by atoms with Gasteiger partial charge < -0.3 is 9.67 Å². The predicted molar refractivity (Wildman–Crippen MR) is 100 cm³/mol. The van der Waals surface area contributed by atoms with Crippen molar-refractivity contribution in [3.8, 4) is 5.75 Å². The van der Waals surface area contributed by atoms with Crippen LogP contribution in [0.1, 0.15) is 22.8 Å². The Morgan fingerprint density at radius 1 is 1.16 bits per heavy atom. The third kappa shape index (κ3) is 3.21. The first kappa shape index (κ1) is 17.0. The van der Waals surface area contributed by atoms with Crippen LogP contribution in [0, 0.1) is 0 Å². The molecule has 3 rings (SSSR count). The first-order valence-corrected chi connectivity index (χ1v) is 8.23. The van der Waals surface area contributed by atoms with Gasteiger partial charge in [0.1, 0.15) is 11.3 Å². The number of hydrogen-bond donors (Lipinski definition) is 1.